The average molecular weight is 374 g/mol. The van der Waals surface area contributed by atoms with Gasteiger partial charge in [-0.3, -0.25) is 4.99 Å². The predicted molar refractivity (Wildman–Crippen MR) is 92.9 cm³/mol. The van der Waals surface area contributed by atoms with Gasteiger partial charge in [-0.15, -0.1) is 0 Å². The number of hydrogen-bond donors (Lipinski definition) is 1. The number of rotatable bonds is 2. The van der Waals surface area contributed by atoms with E-state index >= 15 is 0 Å². The van der Waals surface area contributed by atoms with E-state index < -0.39 is 0 Å². The van der Waals surface area contributed by atoms with Crippen molar-refractivity contribution < 1.29 is 4.39 Å². The molecule has 1 aromatic carbocycles. The van der Waals surface area contributed by atoms with Crippen LogP contribution in [0.1, 0.15) is 12.0 Å². The minimum Gasteiger partial charge on any atom is -0.322 e. The molecule has 0 atom stereocenters. The average Bonchev–Trinajstić information content (AvgIpc) is 2.58. The quantitative estimate of drug-likeness (QED) is 0.871. The number of anilines is 3. The summed E-state index contributed by atoms with van der Waals surface area (Å²) in [6.07, 6.45) is 4.67. The molecular weight excluding hydrogens is 361 g/mol. The van der Waals surface area contributed by atoms with Crippen LogP contribution in [0.2, 0.25) is 0 Å². The second-order valence-electron chi connectivity index (χ2n) is 5.28. The molecule has 0 spiro atoms. The molecule has 1 N–H and O–H groups in total. The molecule has 0 bridgehead atoms. The van der Waals surface area contributed by atoms with E-state index in [9.17, 15) is 4.39 Å². The number of aromatic nitrogens is 2. The van der Waals surface area contributed by atoms with Crippen LogP contribution in [0.15, 0.2) is 39.9 Å². The second-order valence-corrected chi connectivity index (χ2v) is 6.13. The Morgan fingerprint density at radius 3 is 3.00 bits per heavy atom. The van der Waals surface area contributed by atoms with E-state index in [1.165, 1.54) is 6.07 Å². The van der Waals surface area contributed by atoms with Crippen molar-refractivity contribution in [3.63, 3.8) is 0 Å². The van der Waals surface area contributed by atoms with Crippen LogP contribution in [0.4, 0.5) is 21.8 Å². The zero-order chi connectivity index (χ0) is 15.8. The molecule has 23 heavy (non-hydrogen) atoms. The molecule has 7 heteroatoms. The SMILES string of the molecule is Fc1ccccc1Nc1ncc2c(n1)N1CCCN=C1C(Br)=C2. The minimum atomic E-state index is -0.336. The summed E-state index contributed by atoms with van der Waals surface area (Å²) in [7, 11) is 0. The number of para-hydroxylation sites is 1. The molecule has 0 unspecified atom stereocenters. The highest BCUT2D eigenvalue weighted by Gasteiger charge is 2.27. The third kappa shape index (κ3) is 2.61. The van der Waals surface area contributed by atoms with Crippen molar-refractivity contribution in [2.45, 2.75) is 6.42 Å². The maximum absolute atomic E-state index is 13.8. The molecule has 0 aliphatic carbocycles. The molecule has 2 aromatic rings. The van der Waals surface area contributed by atoms with Gasteiger partial charge in [0.15, 0.2) is 0 Å². The van der Waals surface area contributed by atoms with E-state index in [0.717, 1.165) is 41.2 Å². The van der Waals surface area contributed by atoms with E-state index in [0.29, 0.717) is 11.6 Å². The van der Waals surface area contributed by atoms with Gasteiger partial charge in [-0.05, 0) is 40.6 Å². The van der Waals surface area contributed by atoms with Crippen LogP contribution in [-0.4, -0.2) is 28.9 Å². The van der Waals surface area contributed by atoms with Crippen molar-refractivity contribution in [2.24, 2.45) is 4.99 Å². The second kappa shape index (κ2) is 5.73. The van der Waals surface area contributed by atoms with E-state index in [4.69, 9.17) is 0 Å². The van der Waals surface area contributed by atoms with Crippen LogP contribution in [0.5, 0.6) is 0 Å². The molecule has 0 saturated heterocycles. The molecule has 116 valence electrons. The number of amidine groups is 1. The van der Waals surface area contributed by atoms with Crippen LogP contribution in [-0.2, 0) is 0 Å². The standard InChI is InChI=1S/C16H13BrFN5/c17-11-8-10-9-20-16(21-13-5-2-1-4-12(13)18)22-14(10)23-7-3-6-19-15(11)23/h1-2,4-5,8-9H,3,6-7H2,(H,20,21,22). The van der Waals surface area contributed by atoms with Crippen LogP contribution < -0.4 is 10.2 Å². The van der Waals surface area contributed by atoms with Gasteiger partial charge in [0.2, 0.25) is 5.95 Å². The lowest BCUT2D eigenvalue weighted by Crippen LogP contribution is -2.38. The van der Waals surface area contributed by atoms with E-state index in [1.807, 2.05) is 6.08 Å². The van der Waals surface area contributed by atoms with Crippen LogP contribution in [0.3, 0.4) is 0 Å². The maximum Gasteiger partial charge on any atom is 0.229 e. The van der Waals surface area contributed by atoms with E-state index in [2.05, 4.69) is 41.1 Å². The lowest BCUT2D eigenvalue weighted by Gasteiger charge is -2.32. The zero-order valence-corrected chi connectivity index (χ0v) is 13.7. The number of hydrogen-bond acceptors (Lipinski definition) is 5. The van der Waals surface area contributed by atoms with Crippen molar-refractivity contribution in [3.05, 3.63) is 46.3 Å². The van der Waals surface area contributed by atoms with Crippen molar-refractivity contribution in [3.8, 4) is 0 Å². The van der Waals surface area contributed by atoms with Gasteiger partial charge in [0, 0.05) is 24.8 Å². The fraction of sp³-hybridized carbons (Fsp3) is 0.188. The Kier molecular flexibility index (Phi) is 3.57. The molecular formula is C16H13BrFN5. The van der Waals surface area contributed by atoms with Crippen molar-refractivity contribution in [2.75, 3.05) is 23.3 Å². The number of nitrogens with one attached hydrogen (secondary N) is 1. The van der Waals surface area contributed by atoms with Gasteiger partial charge in [-0.1, -0.05) is 12.1 Å². The summed E-state index contributed by atoms with van der Waals surface area (Å²) in [5, 5.41) is 2.93. The molecule has 4 rings (SSSR count). The smallest absolute Gasteiger partial charge is 0.229 e. The summed E-state index contributed by atoms with van der Waals surface area (Å²) in [5.74, 6) is 1.71. The number of benzene rings is 1. The van der Waals surface area contributed by atoms with Gasteiger partial charge >= 0.3 is 0 Å². The first kappa shape index (κ1) is 14.3. The lowest BCUT2D eigenvalue weighted by molar-refractivity contribution is 0.631. The Morgan fingerprint density at radius 1 is 1.26 bits per heavy atom. The monoisotopic (exact) mass is 373 g/mol. The molecule has 2 aliphatic rings. The molecule has 2 aliphatic heterocycles. The zero-order valence-electron chi connectivity index (χ0n) is 12.1. The van der Waals surface area contributed by atoms with Crippen LogP contribution in [0.25, 0.3) is 6.08 Å². The van der Waals surface area contributed by atoms with E-state index in [-0.39, 0.29) is 5.82 Å². The molecule has 0 amide bonds. The lowest BCUT2D eigenvalue weighted by atomic mass is 10.1. The van der Waals surface area contributed by atoms with Crippen molar-refractivity contribution in [1.29, 1.82) is 0 Å². The summed E-state index contributed by atoms with van der Waals surface area (Å²) in [5.41, 5.74) is 1.27. The topological polar surface area (TPSA) is 53.4 Å². The highest BCUT2D eigenvalue weighted by Crippen LogP contribution is 2.33. The van der Waals surface area contributed by atoms with Gasteiger partial charge in [0.1, 0.15) is 17.5 Å². The van der Waals surface area contributed by atoms with Crippen LogP contribution in [0, 0.1) is 5.82 Å². The van der Waals surface area contributed by atoms with Gasteiger partial charge < -0.3 is 10.2 Å². The largest absolute Gasteiger partial charge is 0.322 e. The Bertz CT molecular complexity index is 833. The number of fused-ring (bicyclic) bond motifs is 3. The van der Waals surface area contributed by atoms with Gasteiger partial charge in [-0.25, -0.2) is 9.37 Å². The third-order valence-electron chi connectivity index (χ3n) is 3.72. The van der Waals surface area contributed by atoms with E-state index in [1.54, 1.807) is 24.4 Å². The highest BCUT2D eigenvalue weighted by atomic mass is 79.9. The highest BCUT2D eigenvalue weighted by molar-refractivity contribution is 9.12. The predicted octanol–water partition coefficient (Wildman–Crippen LogP) is 3.72. The van der Waals surface area contributed by atoms with Crippen molar-refractivity contribution in [1.82, 2.24) is 9.97 Å². The number of halogens is 2. The number of aliphatic imine (C=N–C) groups is 1. The normalized spacial score (nSPS) is 16.2. The number of nitrogens with zero attached hydrogens (tertiary/aromatic N) is 4. The van der Waals surface area contributed by atoms with Gasteiger partial charge in [-0.2, -0.15) is 4.98 Å². The Morgan fingerprint density at radius 2 is 2.13 bits per heavy atom. The molecule has 0 saturated carbocycles. The van der Waals surface area contributed by atoms with Crippen molar-refractivity contribution >= 4 is 45.3 Å². The third-order valence-corrected chi connectivity index (χ3v) is 4.31. The minimum absolute atomic E-state index is 0.336. The Labute approximate surface area is 141 Å². The Hall–Kier alpha value is -2.28. The maximum atomic E-state index is 13.8. The molecule has 0 radical (unpaired) electrons. The summed E-state index contributed by atoms with van der Waals surface area (Å²) in [4.78, 5) is 15.5. The molecule has 0 fully saturated rings. The fourth-order valence-corrected chi connectivity index (χ4v) is 3.25. The van der Waals surface area contributed by atoms with Gasteiger partial charge in [0.25, 0.3) is 0 Å². The molecule has 3 heterocycles. The first-order chi connectivity index (χ1) is 11.2. The summed E-state index contributed by atoms with van der Waals surface area (Å²) >= 11 is 3.55. The summed E-state index contributed by atoms with van der Waals surface area (Å²) in [6, 6.07) is 6.46. The summed E-state index contributed by atoms with van der Waals surface area (Å²) < 4.78 is 14.7. The van der Waals surface area contributed by atoms with Gasteiger partial charge in [0.05, 0.1) is 10.2 Å². The molecule has 5 nitrogen and oxygen atoms in total. The Balaban J connectivity index is 1.73. The first-order valence-electron chi connectivity index (χ1n) is 7.30. The van der Waals surface area contributed by atoms with Crippen LogP contribution >= 0.6 is 15.9 Å². The fourth-order valence-electron chi connectivity index (χ4n) is 2.66. The first-order valence-corrected chi connectivity index (χ1v) is 8.10. The summed E-state index contributed by atoms with van der Waals surface area (Å²) in [6.45, 7) is 1.67. The molecule has 1 aromatic heterocycles.